The van der Waals surface area contributed by atoms with Gasteiger partial charge in [0.2, 0.25) is 5.91 Å². The zero-order valence-electron chi connectivity index (χ0n) is 11.8. The number of nitrogens with one attached hydrogen (secondary N) is 1. The lowest BCUT2D eigenvalue weighted by Gasteiger charge is -2.05. The van der Waals surface area contributed by atoms with Crippen molar-refractivity contribution in [3.8, 4) is 0 Å². The summed E-state index contributed by atoms with van der Waals surface area (Å²) in [4.78, 5) is 16.6. The molecule has 3 aromatic rings. The lowest BCUT2D eigenvalue weighted by molar-refractivity contribution is -0.115. The number of rotatable bonds is 3. The van der Waals surface area contributed by atoms with Crippen molar-refractivity contribution in [1.29, 1.82) is 0 Å². The molecule has 6 heteroatoms. The van der Waals surface area contributed by atoms with E-state index in [1.165, 1.54) is 0 Å². The second kappa shape index (κ2) is 5.99. The minimum atomic E-state index is -0.153. The van der Waals surface area contributed by atoms with Crippen LogP contribution in [-0.4, -0.2) is 15.3 Å². The zero-order chi connectivity index (χ0) is 15.7. The van der Waals surface area contributed by atoms with Gasteiger partial charge in [-0.2, -0.15) is 0 Å². The summed E-state index contributed by atoms with van der Waals surface area (Å²) in [6, 6.07) is 8.91. The summed E-state index contributed by atoms with van der Waals surface area (Å²) < 4.78 is 1.91. The van der Waals surface area contributed by atoms with Crippen LogP contribution in [-0.2, 0) is 11.2 Å². The number of hydrogen-bond acceptors (Lipinski definition) is 2. The van der Waals surface area contributed by atoms with Crippen LogP contribution in [0.25, 0.3) is 5.65 Å². The largest absolute Gasteiger partial charge is 0.326 e. The predicted molar refractivity (Wildman–Crippen MR) is 88.7 cm³/mol. The van der Waals surface area contributed by atoms with E-state index < -0.39 is 0 Å². The number of halogens is 2. The summed E-state index contributed by atoms with van der Waals surface area (Å²) in [5.41, 5.74) is 3.25. The SMILES string of the molecule is Cc1cccn2cc(CC(=O)Nc3ccc(Cl)c(Cl)c3)nc12. The second-order valence-corrected chi connectivity index (χ2v) is 5.82. The number of pyridine rings is 1. The Kier molecular flexibility index (Phi) is 4.05. The van der Waals surface area contributed by atoms with E-state index in [1.54, 1.807) is 18.2 Å². The molecular weight excluding hydrogens is 321 g/mol. The molecule has 0 aliphatic carbocycles. The van der Waals surface area contributed by atoms with Crippen molar-refractivity contribution in [2.24, 2.45) is 0 Å². The molecule has 0 saturated carbocycles. The molecule has 2 aromatic heterocycles. The number of anilines is 1. The van der Waals surface area contributed by atoms with Gasteiger partial charge in [0.25, 0.3) is 0 Å². The minimum absolute atomic E-state index is 0.153. The highest BCUT2D eigenvalue weighted by Crippen LogP contribution is 2.25. The van der Waals surface area contributed by atoms with Crippen molar-refractivity contribution in [3.63, 3.8) is 0 Å². The van der Waals surface area contributed by atoms with Crippen molar-refractivity contribution in [3.05, 3.63) is 64.0 Å². The van der Waals surface area contributed by atoms with Crippen molar-refractivity contribution < 1.29 is 4.79 Å². The number of benzene rings is 1. The normalized spacial score (nSPS) is 10.9. The van der Waals surface area contributed by atoms with E-state index in [0.717, 1.165) is 11.2 Å². The molecule has 0 atom stereocenters. The average Bonchev–Trinajstić information content (AvgIpc) is 2.87. The summed E-state index contributed by atoms with van der Waals surface area (Å²) >= 11 is 11.8. The molecule has 4 nitrogen and oxygen atoms in total. The topological polar surface area (TPSA) is 46.4 Å². The number of amides is 1. The van der Waals surface area contributed by atoms with Gasteiger partial charge < -0.3 is 9.72 Å². The van der Waals surface area contributed by atoms with Crippen LogP contribution in [0.5, 0.6) is 0 Å². The molecule has 1 amide bonds. The first-order valence-electron chi connectivity index (χ1n) is 6.71. The first-order valence-corrected chi connectivity index (χ1v) is 7.46. The Morgan fingerprint density at radius 1 is 1.27 bits per heavy atom. The number of carbonyl (C=O) groups is 1. The fourth-order valence-electron chi connectivity index (χ4n) is 2.23. The van der Waals surface area contributed by atoms with E-state index in [1.807, 2.05) is 35.9 Å². The van der Waals surface area contributed by atoms with Crippen LogP contribution in [0.2, 0.25) is 10.0 Å². The van der Waals surface area contributed by atoms with Crippen molar-refractivity contribution in [1.82, 2.24) is 9.38 Å². The van der Waals surface area contributed by atoms with Crippen molar-refractivity contribution in [2.75, 3.05) is 5.32 Å². The lowest BCUT2D eigenvalue weighted by atomic mass is 10.3. The molecular formula is C16H13Cl2N3O. The number of imidazole rings is 1. The monoisotopic (exact) mass is 333 g/mol. The first kappa shape index (κ1) is 14.9. The molecule has 0 spiro atoms. The summed E-state index contributed by atoms with van der Waals surface area (Å²) in [5.74, 6) is -0.153. The molecule has 1 aromatic carbocycles. The third-order valence-corrected chi connectivity index (χ3v) is 4.01. The van der Waals surface area contributed by atoms with Crippen LogP contribution in [0.1, 0.15) is 11.3 Å². The maximum absolute atomic E-state index is 12.1. The molecule has 3 rings (SSSR count). The molecule has 2 heterocycles. The standard InChI is InChI=1S/C16H13Cl2N3O/c1-10-3-2-6-21-9-12(20-16(10)21)8-15(22)19-11-4-5-13(17)14(18)7-11/h2-7,9H,8H2,1H3,(H,19,22). The summed E-state index contributed by atoms with van der Waals surface area (Å²) in [5, 5.41) is 3.65. The molecule has 1 N–H and O–H groups in total. The average molecular weight is 334 g/mol. The molecule has 0 bridgehead atoms. The number of aromatic nitrogens is 2. The highest BCUT2D eigenvalue weighted by molar-refractivity contribution is 6.42. The Balaban J connectivity index is 1.75. The minimum Gasteiger partial charge on any atom is -0.326 e. The molecule has 0 unspecified atom stereocenters. The van der Waals surface area contributed by atoms with Crippen LogP contribution in [0, 0.1) is 6.92 Å². The van der Waals surface area contributed by atoms with E-state index in [0.29, 0.717) is 21.4 Å². The first-order chi connectivity index (χ1) is 10.5. The molecule has 0 fully saturated rings. The Morgan fingerprint density at radius 2 is 2.09 bits per heavy atom. The van der Waals surface area contributed by atoms with Crippen LogP contribution in [0.4, 0.5) is 5.69 Å². The van der Waals surface area contributed by atoms with Gasteiger partial charge in [-0.05, 0) is 36.8 Å². The van der Waals surface area contributed by atoms with E-state index >= 15 is 0 Å². The van der Waals surface area contributed by atoms with E-state index in [4.69, 9.17) is 23.2 Å². The second-order valence-electron chi connectivity index (χ2n) is 5.01. The highest BCUT2D eigenvalue weighted by atomic mass is 35.5. The fourth-order valence-corrected chi connectivity index (χ4v) is 2.53. The van der Waals surface area contributed by atoms with Crippen LogP contribution in [0.15, 0.2) is 42.7 Å². The smallest absolute Gasteiger partial charge is 0.230 e. The van der Waals surface area contributed by atoms with Gasteiger partial charge in [0.1, 0.15) is 5.65 Å². The van der Waals surface area contributed by atoms with Gasteiger partial charge in [-0.3, -0.25) is 4.79 Å². The van der Waals surface area contributed by atoms with Crippen LogP contribution in [0.3, 0.4) is 0 Å². The number of fused-ring (bicyclic) bond motifs is 1. The zero-order valence-corrected chi connectivity index (χ0v) is 13.3. The number of nitrogens with zero attached hydrogens (tertiary/aromatic N) is 2. The van der Waals surface area contributed by atoms with Gasteiger partial charge >= 0.3 is 0 Å². The Labute approximate surface area is 137 Å². The summed E-state index contributed by atoms with van der Waals surface area (Å²) in [6.07, 6.45) is 3.97. The summed E-state index contributed by atoms with van der Waals surface area (Å²) in [7, 11) is 0. The molecule has 22 heavy (non-hydrogen) atoms. The Bertz CT molecular complexity index is 858. The molecule has 0 aliphatic heterocycles. The quantitative estimate of drug-likeness (QED) is 0.783. The van der Waals surface area contributed by atoms with Gasteiger partial charge in [-0.1, -0.05) is 29.3 Å². The summed E-state index contributed by atoms with van der Waals surface area (Å²) in [6.45, 7) is 1.99. The highest BCUT2D eigenvalue weighted by Gasteiger charge is 2.10. The Hall–Kier alpha value is -2.04. The number of hydrogen-bond donors (Lipinski definition) is 1. The van der Waals surface area contributed by atoms with Crippen LogP contribution >= 0.6 is 23.2 Å². The third kappa shape index (κ3) is 3.08. The van der Waals surface area contributed by atoms with Gasteiger partial charge in [0.05, 0.1) is 22.2 Å². The fraction of sp³-hybridized carbons (Fsp3) is 0.125. The van der Waals surface area contributed by atoms with E-state index in [2.05, 4.69) is 10.3 Å². The predicted octanol–water partition coefficient (Wildman–Crippen LogP) is 4.13. The molecule has 0 radical (unpaired) electrons. The van der Waals surface area contributed by atoms with Crippen molar-refractivity contribution in [2.45, 2.75) is 13.3 Å². The van der Waals surface area contributed by atoms with E-state index in [-0.39, 0.29) is 12.3 Å². The number of carbonyl (C=O) groups excluding carboxylic acids is 1. The maximum Gasteiger partial charge on any atom is 0.230 e. The Morgan fingerprint density at radius 3 is 2.82 bits per heavy atom. The van der Waals surface area contributed by atoms with Crippen molar-refractivity contribution >= 4 is 40.4 Å². The van der Waals surface area contributed by atoms with Gasteiger partial charge in [-0.25, -0.2) is 4.98 Å². The molecule has 0 saturated heterocycles. The van der Waals surface area contributed by atoms with Gasteiger partial charge in [-0.15, -0.1) is 0 Å². The maximum atomic E-state index is 12.1. The lowest BCUT2D eigenvalue weighted by Crippen LogP contribution is -2.14. The third-order valence-electron chi connectivity index (χ3n) is 3.27. The van der Waals surface area contributed by atoms with Gasteiger partial charge in [0, 0.05) is 18.1 Å². The van der Waals surface area contributed by atoms with Crippen LogP contribution < -0.4 is 5.32 Å². The molecule has 0 aliphatic rings. The molecule has 112 valence electrons. The van der Waals surface area contributed by atoms with E-state index in [9.17, 15) is 4.79 Å². The van der Waals surface area contributed by atoms with Gasteiger partial charge in [0.15, 0.2) is 0 Å². The number of aryl methyl sites for hydroxylation is 1.